The molecule has 2 aromatic rings. The monoisotopic (exact) mass is 367 g/mol. The van der Waals surface area contributed by atoms with Gasteiger partial charge in [0.15, 0.2) is 0 Å². The van der Waals surface area contributed by atoms with Crippen molar-refractivity contribution in [3.8, 4) is 5.75 Å². The maximum atomic E-state index is 6.17. The summed E-state index contributed by atoms with van der Waals surface area (Å²) in [5.74, 6) is 0.872. The first kappa shape index (κ1) is 16.3. The number of nitrogens with one attached hydrogen (secondary N) is 1. The fourth-order valence-electron chi connectivity index (χ4n) is 2.43. The molecule has 0 spiro atoms. The van der Waals surface area contributed by atoms with Crippen LogP contribution in [0.15, 0.2) is 40.9 Å². The minimum Gasteiger partial charge on any atom is -0.497 e. The largest absolute Gasteiger partial charge is 0.497 e. The van der Waals surface area contributed by atoms with Crippen molar-refractivity contribution in [3.05, 3.63) is 62.6 Å². The maximum Gasteiger partial charge on any atom is 0.119 e. The van der Waals surface area contributed by atoms with Crippen molar-refractivity contribution in [3.63, 3.8) is 0 Å². The number of aryl methyl sites for hydroxylation is 1. The fourth-order valence-corrected chi connectivity index (χ4v) is 3.08. The highest BCUT2D eigenvalue weighted by Gasteiger charge is 2.18. The lowest BCUT2D eigenvalue weighted by atomic mass is 9.94. The Balaban J connectivity index is 2.50. The van der Waals surface area contributed by atoms with Crippen molar-refractivity contribution in [1.82, 2.24) is 5.32 Å². The molecule has 0 aliphatic rings. The van der Waals surface area contributed by atoms with Gasteiger partial charge in [0.25, 0.3) is 0 Å². The normalized spacial score (nSPS) is 12.2. The van der Waals surface area contributed by atoms with Crippen molar-refractivity contribution in [2.75, 3.05) is 13.7 Å². The van der Waals surface area contributed by atoms with E-state index in [9.17, 15) is 0 Å². The maximum absolute atomic E-state index is 6.17. The second-order valence-corrected chi connectivity index (χ2v) is 6.17. The summed E-state index contributed by atoms with van der Waals surface area (Å²) >= 11 is 9.80. The number of halogens is 2. The van der Waals surface area contributed by atoms with Crippen molar-refractivity contribution in [1.29, 1.82) is 0 Å². The van der Waals surface area contributed by atoms with Gasteiger partial charge in [-0.2, -0.15) is 0 Å². The topological polar surface area (TPSA) is 21.3 Å². The first-order valence-corrected chi connectivity index (χ1v) is 8.06. The second-order valence-electron chi connectivity index (χ2n) is 4.88. The SMILES string of the molecule is CCNC(c1ccc(OC)cc1C)c1cc(Cl)ccc1Br. The van der Waals surface area contributed by atoms with Crippen LogP contribution in [-0.2, 0) is 0 Å². The fraction of sp³-hybridized carbons (Fsp3) is 0.294. The zero-order chi connectivity index (χ0) is 15.4. The highest BCUT2D eigenvalue weighted by Crippen LogP contribution is 2.33. The Bertz CT molecular complexity index is 630. The van der Waals surface area contributed by atoms with E-state index in [1.165, 1.54) is 11.1 Å². The molecule has 21 heavy (non-hydrogen) atoms. The van der Waals surface area contributed by atoms with Gasteiger partial charge in [0, 0.05) is 9.50 Å². The number of benzene rings is 2. The lowest BCUT2D eigenvalue weighted by Gasteiger charge is -2.23. The first-order valence-electron chi connectivity index (χ1n) is 6.89. The molecule has 1 atom stereocenters. The lowest BCUT2D eigenvalue weighted by Crippen LogP contribution is -2.23. The molecule has 0 saturated carbocycles. The van der Waals surface area contributed by atoms with Crippen LogP contribution in [0.2, 0.25) is 5.02 Å². The van der Waals surface area contributed by atoms with Crippen LogP contribution in [0.5, 0.6) is 5.75 Å². The Morgan fingerprint density at radius 2 is 1.95 bits per heavy atom. The third-order valence-electron chi connectivity index (χ3n) is 3.47. The van der Waals surface area contributed by atoms with Gasteiger partial charge >= 0.3 is 0 Å². The van der Waals surface area contributed by atoms with Crippen LogP contribution in [0.3, 0.4) is 0 Å². The highest BCUT2D eigenvalue weighted by molar-refractivity contribution is 9.10. The van der Waals surface area contributed by atoms with Crippen LogP contribution in [0.25, 0.3) is 0 Å². The predicted octanol–water partition coefficient (Wildman–Crippen LogP) is 5.12. The van der Waals surface area contributed by atoms with Crippen LogP contribution < -0.4 is 10.1 Å². The third-order valence-corrected chi connectivity index (χ3v) is 4.42. The third kappa shape index (κ3) is 3.79. The van der Waals surface area contributed by atoms with Crippen molar-refractivity contribution in [2.45, 2.75) is 19.9 Å². The van der Waals surface area contributed by atoms with E-state index in [1.807, 2.05) is 24.3 Å². The zero-order valence-corrected chi connectivity index (χ0v) is 14.8. The molecule has 1 unspecified atom stereocenters. The van der Waals surface area contributed by atoms with Gasteiger partial charge in [-0.3, -0.25) is 0 Å². The van der Waals surface area contributed by atoms with Gasteiger partial charge in [-0.25, -0.2) is 0 Å². The molecule has 0 bridgehead atoms. The Labute approximate surface area is 139 Å². The molecular formula is C17H19BrClNO. The lowest BCUT2D eigenvalue weighted by molar-refractivity contribution is 0.414. The number of rotatable bonds is 5. The molecule has 2 nitrogen and oxygen atoms in total. The minimum absolute atomic E-state index is 0.0916. The molecule has 0 amide bonds. The summed E-state index contributed by atoms with van der Waals surface area (Å²) in [4.78, 5) is 0. The Hall–Kier alpha value is -1.03. The van der Waals surface area contributed by atoms with Crippen LogP contribution in [-0.4, -0.2) is 13.7 Å². The molecule has 0 heterocycles. The molecule has 1 N–H and O–H groups in total. The summed E-state index contributed by atoms with van der Waals surface area (Å²) in [5, 5.41) is 4.27. The Kier molecular flexibility index (Phi) is 5.68. The number of methoxy groups -OCH3 is 1. The average Bonchev–Trinajstić information content (AvgIpc) is 2.48. The van der Waals surface area contributed by atoms with E-state index in [2.05, 4.69) is 47.2 Å². The molecule has 2 aromatic carbocycles. The standard InChI is InChI=1S/C17H19BrClNO/c1-4-20-17(15-10-12(19)5-8-16(15)18)14-7-6-13(21-3)9-11(14)2/h5-10,17,20H,4H2,1-3H3. The molecule has 2 rings (SSSR count). The molecule has 0 aliphatic carbocycles. The number of ether oxygens (including phenoxy) is 1. The van der Waals surface area contributed by atoms with Gasteiger partial charge < -0.3 is 10.1 Å². The molecule has 0 saturated heterocycles. The molecule has 0 fully saturated rings. The van der Waals surface area contributed by atoms with Gasteiger partial charge in [0.1, 0.15) is 5.75 Å². The molecule has 112 valence electrons. The van der Waals surface area contributed by atoms with Crippen molar-refractivity contribution >= 4 is 27.5 Å². The van der Waals surface area contributed by atoms with E-state index in [0.29, 0.717) is 0 Å². The molecule has 4 heteroatoms. The number of hydrogen-bond acceptors (Lipinski definition) is 2. The molecular weight excluding hydrogens is 350 g/mol. The van der Waals surface area contributed by atoms with Gasteiger partial charge in [0.2, 0.25) is 0 Å². The van der Waals surface area contributed by atoms with E-state index >= 15 is 0 Å². The molecule has 0 aliphatic heterocycles. The van der Waals surface area contributed by atoms with Gasteiger partial charge in [-0.15, -0.1) is 0 Å². The van der Waals surface area contributed by atoms with Crippen LogP contribution in [0.4, 0.5) is 0 Å². The summed E-state index contributed by atoms with van der Waals surface area (Å²) in [6, 6.07) is 12.1. The zero-order valence-electron chi connectivity index (χ0n) is 12.4. The van der Waals surface area contributed by atoms with E-state index in [4.69, 9.17) is 16.3 Å². The van der Waals surface area contributed by atoms with E-state index < -0.39 is 0 Å². The summed E-state index contributed by atoms with van der Waals surface area (Å²) in [6.45, 7) is 5.07. The first-order chi connectivity index (χ1) is 10.1. The Morgan fingerprint density at radius 1 is 1.19 bits per heavy atom. The van der Waals surface area contributed by atoms with Gasteiger partial charge in [-0.05, 0) is 60.5 Å². The van der Waals surface area contributed by atoms with E-state index in [0.717, 1.165) is 27.4 Å². The van der Waals surface area contributed by atoms with Crippen LogP contribution in [0.1, 0.15) is 29.7 Å². The molecule has 0 aromatic heterocycles. The van der Waals surface area contributed by atoms with Crippen LogP contribution in [0, 0.1) is 6.92 Å². The number of hydrogen-bond donors (Lipinski definition) is 1. The quantitative estimate of drug-likeness (QED) is 0.791. The second kappa shape index (κ2) is 7.30. The predicted molar refractivity (Wildman–Crippen MR) is 92.4 cm³/mol. The smallest absolute Gasteiger partial charge is 0.119 e. The summed E-state index contributed by atoms with van der Waals surface area (Å²) in [6.07, 6.45) is 0. The van der Waals surface area contributed by atoms with Crippen LogP contribution >= 0.6 is 27.5 Å². The van der Waals surface area contributed by atoms with Crippen molar-refractivity contribution in [2.24, 2.45) is 0 Å². The van der Waals surface area contributed by atoms with Gasteiger partial charge in [-0.1, -0.05) is 40.5 Å². The Morgan fingerprint density at radius 3 is 2.57 bits per heavy atom. The van der Waals surface area contributed by atoms with E-state index in [1.54, 1.807) is 7.11 Å². The summed E-state index contributed by atoms with van der Waals surface area (Å²) in [5.41, 5.74) is 3.55. The highest BCUT2D eigenvalue weighted by atomic mass is 79.9. The van der Waals surface area contributed by atoms with Crippen molar-refractivity contribution < 1.29 is 4.74 Å². The summed E-state index contributed by atoms with van der Waals surface area (Å²) in [7, 11) is 1.68. The minimum atomic E-state index is 0.0916. The van der Waals surface area contributed by atoms with Gasteiger partial charge in [0.05, 0.1) is 13.2 Å². The van der Waals surface area contributed by atoms with E-state index in [-0.39, 0.29) is 6.04 Å². The average molecular weight is 369 g/mol. The summed E-state index contributed by atoms with van der Waals surface area (Å²) < 4.78 is 6.34. The molecule has 0 radical (unpaired) electrons.